The van der Waals surface area contributed by atoms with Crippen LogP contribution in [-0.4, -0.2) is 23.2 Å². The Morgan fingerprint density at radius 2 is 2.20 bits per heavy atom. The summed E-state index contributed by atoms with van der Waals surface area (Å²) in [6.07, 6.45) is 4.42. The van der Waals surface area contributed by atoms with E-state index in [2.05, 4.69) is 33.3 Å². The molecule has 0 atom stereocenters. The minimum atomic E-state index is 0.0692. The van der Waals surface area contributed by atoms with E-state index in [0.29, 0.717) is 5.82 Å². The Morgan fingerprint density at radius 3 is 2.85 bits per heavy atom. The molecule has 0 amide bonds. The number of aromatic nitrogens is 2. The normalized spacial score (nSPS) is 18.3. The van der Waals surface area contributed by atoms with Crippen molar-refractivity contribution in [2.45, 2.75) is 38.0 Å². The standard InChI is InChI=1S/C14H18BrN3OS/c1-2-5-14(6-8-16-9-7-14)13-17-12(18-19-13)10-3-4-11(15)20-10/h3-4,16H,2,5-9H2,1H3. The Balaban J connectivity index is 1.90. The van der Waals surface area contributed by atoms with Crippen molar-refractivity contribution in [3.63, 3.8) is 0 Å². The first-order chi connectivity index (χ1) is 9.73. The predicted molar refractivity (Wildman–Crippen MR) is 84.0 cm³/mol. The topological polar surface area (TPSA) is 51.0 Å². The van der Waals surface area contributed by atoms with Crippen LogP contribution in [0.25, 0.3) is 10.7 Å². The first-order valence-electron chi connectivity index (χ1n) is 7.04. The molecule has 1 N–H and O–H groups in total. The minimum Gasteiger partial charge on any atom is -0.338 e. The molecule has 20 heavy (non-hydrogen) atoms. The summed E-state index contributed by atoms with van der Waals surface area (Å²) >= 11 is 5.10. The molecular weight excluding hydrogens is 338 g/mol. The largest absolute Gasteiger partial charge is 0.338 e. The molecule has 2 aromatic rings. The molecule has 3 heterocycles. The monoisotopic (exact) mass is 355 g/mol. The smallest absolute Gasteiger partial charge is 0.233 e. The molecule has 0 saturated carbocycles. The number of nitrogens with zero attached hydrogens (tertiary/aromatic N) is 2. The summed E-state index contributed by atoms with van der Waals surface area (Å²) in [6, 6.07) is 4.04. The molecule has 4 nitrogen and oxygen atoms in total. The Bertz CT molecular complexity index is 569. The fourth-order valence-corrected chi connectivity index (χ4v) is 4.24. The van der Waals surface area contributed by atoms with E-state index in [1.807, 2.05) is 12.1 Å². The van der Waals surface area contributed by atoms with Crippen LogP contribution in [0.5, 0.6) is 0 Å². The van der Waals surface area contributed by atoms with Gasteiger partial charge in [0.2, 0.25) is 11.7 Å². The zero-order chi connectivity index (χ0) is 14.0. The molecule has 6 heteroatoms. The summed E-state index contributed by atoms with van der Waals surface area (Å²) in [5.41, 5.74) is 0.0692. The van der Waals surface area contributed by atoms with E-state index in [4.69, 9.17) is 9.51 Å². The van der Waals surface area contributed by atoms with E-state index in [1.54, 1.807) is 11.3 Å². The summed E-state index contributed by atoms with van der Waals surface area (Å²) in [6.45, 7) is 4.28. The van der Waals surface area contributed by atoms with Crippen LogP contribution in [0, 0.1) is 0 Å². The summed E-state index contributed by atoms with van der Waals surface area (Å²) in [5.74, 6) is 1.53. The molecule has 1 aliphatic heterocycles. The van der Waals surface area contributed by atoms with Crippen molar-refractivity contribution in [1.29, 1.82) is 0 Å². The van der Waals surface area contributed by atoms with Crippen LogP contribution in [0.1, 0.15) is 38.5 Å². The summed E-state index contributed by atoms with van der Waals surface area (Å²) in [5, 5.41) is 7.60. The van der Waals surface area contributed by atoms with Crippen LogP contribution < -0.4 is 5.32 Å². The molecule has 0 aliphatic carbocycles. The Kier molecular flexibility index (Phi) is 4.23. The molecule has 0 spiro atoms. The molecule has 0 unspecified atom stereocenters. The summed E-state index contributed by atoms with van der Waals surface area (Å²) in [7, 11) is 0. The first kappa shape index (κ1) is 14.2. The van der Waals surface area contributed by atoms with Crippen molar-refractivity contribution in [3.05, 3.63) is 21.8 Å². The second-order valence-corrected chi connectivity index (χ2v) is 7.77. The first-order valence-corrected chi connectivity index (χ1v) is 8.65. The maximum absolute atomic E-state index is 5.63. The second kappa shape index (κ2) is 5.95. The van der Waals surface area contributed by atoms with Crippen LogP contribution in [0.15, 0.2) is 20.4 Å². The zero-order valence-corrected chi connectivity index (χ0v) is 13.9. The van der Waals surface area contributed by atoms with Gasteiger partial charge in [0.15, 0.2) is 0 Å². The Labute approximate surface area is 131 Å². The third-order valence-electron chi connectivity index (χ3n) is 3.96. The van der Waals surface area contributed by atoms with E-state index >= 15 is 0 Å². The average Bonchev–Trinajstić information content (AvgIpc) is 3.09. The molecule has 2 aromatic heterocycles. The van der Waals surface area contributed by atoms with Crippen molar-refractivity contribution in [1.82, 2.24) is 15.5 Å². The fraction of sp³-hybridized carbons (Fsp3) is 0.571. The van der Waals surface area contributed by atoms with Crippen molar-refractivity contribution in [3.8, 4) is 10.7 Å². The number of piperidine rings is 1. The molecule has 1 aliphatic rings. The van der Waals surface area contributed by atoms with E-state index in [9.17, 15) is 0 Å². The third kappa shape index (κ3) is 2.69. The summed E-state index contributed by atoms with van der Waals surface area (Å²) in [4.78, 5) is 5.74. The lowest BCUT2D eigenvalue weighted by Crippen LogP contribution is -2.40. The van der Waals surface area contributed by atoms with Crippen molar-refractivity contribution >= 4 is 27.3 Å². The van der Waals surface area contributed by atoms with Gasteiger partial charge < -0.3 is 9.84 Å². The maximum atomic E-state index is 5.63. The van der Waals surface area contributed by atoms with Gasteiger partial charge in [-0.1, -0.05) is 18.5 Å². The highest BCUT2D eigenvalue weighted by Crippen LogP contribution is 2.38. The third-order valence-corrected chi connectivity index (χ3v) is 5.58. The molecule has 108 valence electrons. The SMILES string of the molecule is CCCC1(c2nc(-c3ccc(Br)s3)no2)CCNCC1. The minimum absolute atomic E-state index is 0.0692. The molecule has 1 fully saturated rings. The van der Waals surface area contributed by atoms with E-state index in [1.165, 1.54) is 0 Å². The van der Waals surface area contributed by atoms with Gasteiger partial charge in [0.1, 0.15) is 0 Å². The van der Waals surface area contributed by atoms with Crippen molar-refractivity contribution in [2.75, 3.05) is 13.1 Å². The molecule has 1 saturated heterocycles. The highest BCUT2D eigenvalue weighted by atomic mass is 79.9. The number of thiophene rings is 1. The van der Waals surface area contributed by atoms with E-state index in [-0.39, 0.29) is 5.41 Å². The van der Waals surface area contributed by atoms with Gasteiger partial charge in [-0.2, -0.15) is 4.98 Å². The van der Waals surface area contributed by atoms with E-state index in [0.717, 1.165) is 53.3 Å². The van der Waals surface area contributed by atoms with Gasteiger partial charge >= 0.3 is 0 Å². The van der Waals surface area contributed by atoms with Crippen LogP contribution in [0.3, 0.4) is 0 Å². The van der Waals surface area contributed by atoms with Gasteiger partial charge in [0, 0.05) is 0 Å². The average molecular weight is 356 g/mol. The predicted octanol–water partition coefficient (Wildman–Crippen LogP) is 3.98. The number of rotatable bonds is 4. The van der Waals surface area contributed by atoms with Gasteiger partial charge in [-0.15, -0.1) is 11.3 Å². The highest BCUT2D eigenvalue weighted by Gasteiger charge is 2.38. The highest BCUT2D eigenvalue weighted by molar-refractivity contribution is 9.11. The Morgan fingerprint density at radius 1 is 1.40 bits per heavy atom. The maximum Gasteiger partial charge on any atom is 0.233 e. The number of hydrogen-bond acceptors (Lipinski definition) is 5. The number of hydrogen-bond donors (Lipinski definition) is 1. The van der Waals surface area contributed by atoms with Crippen LogP contribution >= 0.6 is 27.3 Å². The lowest BCUT2D eigenvalue weighted by atomic mass is 9.75. The lowest BCUT2D eigenvalue weighted by molar-refractivity contribution is 0.208. The van der Waals surface area contributed by atoms with Crippen LogP contribution in [-0.2, 0) is 5.41 Å². The van der Waals surface area contributed by atoms with Crippen LogP contribution in [0.4, 0.5) is 0 Å². The van der Waals surface area contributed by atoms with Gasteiger partial charge in [-0.05, 0) is 60.4 Å². The number of nitrogens with one attached hydrogen (secondary N) is 1. The molecule has 3 rings (SSSR count). The summed E-state index contributed by atoms with van der Waals surface area (Å²) < 4.78 is 6.71. The van der Waals surface area contributed by atoms with Crippen molar-refractivity contribution in [2.24, 2.45) is 0 Å². The molecule has 0 radical (unpaired) electrons. The molecule has 0 bridgehead atoms. The molecule has 0 aromatic carbocycles. The van der Waals surface area contributed by atoms with Gasteiger partial charge in [0.05, 0.1) is 14.1 Å². The van der Waals surface area contributed by atoms with Crippen molar-refractivity contribution < 1.29 is 4.52 Å². The van der Waals surface area contributed by atoms with Gasteiger partial charge in [-0.25, -0.2) is 0 Å². The Hall–Kier alpha value is -0.720. The van der Waals surface area contributed by atoms with Gasteiger partial charge in [0.25, 0.3) is 0 Å². The fourth-order valence-electron chi connectivity index (χ4n) is 2.93. The second-order valence-electron chi connectivity index (χ2n) is 5.31. The van der Waals surface area contributed by atoms with E-state index < -0.39 is 0 Å². The van der Waals surface area contributed by atoms with Gasteiger partial charge in [-0.3, -0.25) is 0 Å². The number of halogens is 1. The molecular formula is C14H18BrN3OS. The quantitative estimate of drug-likeness (QED) is 0.900. The zero-order valence-electron chi connectivity index (χ0n) is 11.5. The van der Waals surface area contributed by atoms with Crippen LogP contribution in [0.2, 0.25) is 0 Å². The lowest BCUT2D eigenvalue weighted by Gasteiger charge is -2.34.